The molecule has 0 amide bonds. The topological polar surface area (TPSA) is 53.4 Å². The Labute approximate surface area is 192 Å². The van der Waals surface area contributed by atoms with Crippen molar-refractivity contribution >= 4 is 10.8 Å². The van der Waals surface area contributed by atoms with Crippen LogP contribution in [-0.2, 0) is 20.1 Å². The Morgan fingerprint density at radius 1 is 0.867 bits per heavy atom. The summed E-state index contributed by atoms with van der Waals surface area (Å²) in [5, 5.41) is 21.9. The van der Waals surface area contributed by atoms with E-state index in [4.69, 9.17) is 0 Å². The summed E-state index contributed by atoms with van der Waals surface area (Å²) >= 11 is 0. The molecule has 2 aromatic carbocycles. The molecule has 4 unspecified atom stereocenters. The first-order valence-electron chi connectivity index (χ1n) is 10.8. The molecule has 4 heteroatoms. The normalized spacial score (nSPS) is 25.4. The van der Waals surface area contributed by atoms with E-state index >= 15 is 0 Å². The number of aromatic nitrogens is 1. The summed E-state index contributed by atoms with van der Waals surface area (Å²) in [4.78, 5) is 4.55. The van der Waals surface area contributed by atoms with Crippen molar-refractivity contribution in [2.24, 2.45) is 11.8 Å². The van der Waals surface area contributed by atoms with Crippen LogP contribution in [0.4, 0.5) is 0 Å². The van der Waals surface area contributed by atoms with E-state index < -0.39 is 0 Å². The average molecular weight is 581 g/mol. The molecule has 0 bridgehead atoms. The van der Waals surface area contributed by atoms with E-state index in [0.717, 1.165) is 36.9 Å². The molecule has 161 valence electrons. The summed E-state index contributed by atoms with van der Waals surface area (Å²) < 4.78 is 0. The predicted octanol–water partition coefficient (Wildman–Crippen LogP) is 5.32. The van der Waals surface area contributed by atoms with E-state index in [2.05, 4.69) is 42.2 Å². The predicted molar refractivity (Wildman–Crippen MR) is 117 cm³/mol. The first-order chi connectivity index (χ1) is 14.1. The van der Waals surface area contributed by atoms with Gasteiger partial charge in [-0.3, -0.25) is 0 Å². The summed E-state index contributed by atoms with van der Waals surface area (Å²) in [7, 11) is 0. The molecule has 1 heterocycles. The van der Waals surface area contributed by atoms with Crippen molar-refractivity contribution in [1.29, 1.82) is 0 Å². The molecule has 3 nitrogen and oxygen atoms in total. The average Bonchev–Trinajstić information content (AvgIpc) is 3.02. The monoisotopic (exact) mass is 581 g/mol. The smallest absolute Gasteiger partial charge is 0.0595 e. The molecule has 2 saturated carbocycles. The number of benzene rings is 2. The molecular weight excluding hydrogens is 551 g/mol. The van der Waals surface area contributed by atoms with Crippen molar-refractivity contribution in [3.63, 3.8) is 0 Å². The van der Waals surface area contributed by atoms with Gasteiger partial charge in [0.05, 0.1) is 12.2 Å². The maximum atomic E-state index is 9.77. The van der Waals surface area contributed by atoms with Crippen LogP contribution >= 0.6 is 0 Å². The van der Waals surface area contributed by atoms with Crippen molar-refractivity contribution in [1.82, 2.24) is 4.98 Å². The van der Waals surface area contributed by atoms with Gasteiger partial charge in [0.2, 0.25) is 0 Å². The van der Waals surface area contributed by atoms with E-state index in [1.165, 1.54) is 29.2 Å². The molecule has 2 aliphatic carbocycles. The Hall–Kier alpha value is -1.58. The minimum absolute atomic E-state index is 0. The maximum absolute atomic E-state index is 9.77. The van der Waals surface area contributed by atoms with Crippen LogP contribution in [0.3, 0.4) is 0 Å². The van der Waals surface area contributed by atoms with E-state index in [1.807, 2.05) is 30.5 Å². The first kappa shape index (κ1) is 23.1. The number of pyridine rings is 1. The molecule has 0 spiro atoms. The molecule has 4 atom stereocenters. The van der Waals surface area contributed by atoms with Crippen molar-refractivity contribution in [3.8, 4) is 11.3 Å². The van der Waals surface area contributed by atoms with Gasteiger partial charge < -0.3 is 15.2 Å². The van der Waals surface area contributed by atoms with E-state index in [1.54, 1.807) is 0 Å². The largest absolute Gasteiger partial charge is 0.393 e. The van der Waals surface area contributed by atoms with E-state index in [9.17, 15) is 10.2 Å². The summed E-state index contributed by atoms with van der Waals surface area (Å²) in [6, 6.07) is 19.6. The van der Waals surface area contributed by atoms with E-state index in [-0.39, 0.29) is 38.2 Å². The van der Waals surface area contributed by atoms with Crippen molar-refractivity contribution in [3.05, 3.63) is 66.4 Å². The van der Waals surface area contributed by atoms with Gasteiger partial charge in [0, 0.05) is 32.2 Å². The summed E-state index contributed by atoms with van der Waals surface area (Å²) in [5.41, 5.74) is 3.26. The van der Waals surface area contributed by atoms with Crippen LogP contribution in [0.2, 0.25) is 0 Å². The van der Waals surface area contributed by atoms with Crippen LogP contribution in [-0.4, -0.2) is 27.4 Å². The second kappa shape index (κ2) is 10.6. The molecule has 2 fully saturated rings. The fourth-order valence-corrected chi connectivity index (χ4v) is 5.03. The molecule has 5 rings (SSSR count). The summed E-state index contributed by atoms with van der Waals surface area (Å²) in [5.74, 6) is 0.810. The zero-order valence-corrected chi connectivity index (χ0v) is 19.8. The Morgan fingerprint density at radius 3 is 2.33 bits per heavy atom. The molecule has 2 aliphatic rings. The van der Waals surface area contributed by atoms with Gasteiger partial charge in [-0.2, -0.15) is 0 Å². The maximum Gasteiger partial charge on any atom is 0.0595 e. The van der Waals surface area contributed by atoms with Crippen LogP contribution in [0.5, 0.6) is 0 Å². The van der Waals surface area contributed by atoms with Crippen molar-refractivity contribution in [2.75, 3.05) is 0 Å². The molecule has 30 heavy (non-hydrogen) atoms. The van der Waals surface area contributed by atoms with Crippen molar-refractivity contribution in [2.45, 2.75) is 57.7 Å². The molecule has 0 aliphatic heterocycles. The summed E-state index contributed by atoms with van der Waals surface area (Å²) in [6.07, 6.45) is 8.02. The third-order valence-corrected chi connectivity index (χ3v) is 6.55. The second-order valence-corrected chi connectivity index (χ2v) is 8.45. The Bertz CT molecular complexity index is 946. The SMILES string of the molecule is Cc1cnc(-c2[c-]cccc2)c2ccccc12.OC1CCCCC2CCC(O)C12.[Ir]. The Kier molecular flexibility index (Phi) is 8.19. The van der Waals surface area contributed by atoms with Gasteiger partial charge in [-0.25, -0.2) is 0 Å². The van der Waals surface area contributed by atoms with Gasteiger partial charge in [-0.1, -0.05) is 37.1 Å². The van der Waals surface area contributed by atoms with Gasteiger partial charge in [-0.15, -0.1) is 35.9 Å². The van der Waals surface area contributed by atoms with Gasteiger partial charge >= 0.3 is 0 Å². The standard InChI is InChI=1S/C16H12N.C10H18O2.Ir/c1-12-11-17-16(13-7-3-2-4-8-13)15-10-6-5-9-14(12)15;11-8-4-2-1-3-7-5-6-9(12)10(7)8;/h2-7,9-11H,1H3;7-12H,1-6H2;/q-1;;. The third kappa shape index (κ3) is 5.00. The van der Waals surface area contributed by atoms with Crippen LogP contribution in [0.25, 0.3) is 22.0 Å². The number of aliphatic hydroxyl groups is 2. The van der Waals surface area contributed by atoms with Crippen LogP contribution in [0, 0.1) is 24.8 Å². The van der Waals surface area contributed by atoms with E-state index in [0.29, 0.717) is 5.92 Å². The zero-order chi connectivity index (χ0) is 20.2. The Morgan fingerprint density at radius 2 is 1.57 bits per heavy atom. The van der Waals surface area contributed by atoms with Gasteiger partial charge in [0.25, 0.3) is 0 Å². The fourth-order valence-electron chi connectivity index (χ4n) is 5.03. The molecule has 2 N–H and O–H groups in total. The number of nitrogens with zero attached hydrogens (tertiary/aromatic N) is 1. The quantitative estimate of drug-likeness (QED) is 0.384. The first-order valence-corrected chi connectivity index (χ1v) is 10.8. The molecule has 0 saturated heterocycles. The van der Waals surface area contributed by atoms with Crippen LogP contribution < -0.4 is 0 Å². The minimum atomic E-state index is -0.227. The minimum Gasteiger partial charge on any atom is -0.393 e. The molecular formula is C26H30IrNO2-. The molecule has 3 aromatic rings. The number of hydrogen-bond acceptors (Lipinski definition) is 3. The molecule has 1 radical (unpaired) electrons. The van der Waals surface area contributed by atoms with Crippen molar-refractivity contribution < 1.29 is 30.3 Å². The number of hydrogen-bond donors (Lipinski definition) is 2. The number of rotatable bonds is 1. The molecule has 1 aromatic heterocycles. The Balaban J connectivity index is 0.000000175. The number of fused-ring (bicyclic) bond motifs is 2. The second-order valence-electron chi connectivity index (χ2n) is 8.45. The van der Waals surface area contributed by atoms with Gasteiger partial charge in [-0.05, 0) is 60.6 Å². The number of aliphatic hydroxyl groups excluding tert-OH is 2. The fraction of sp³-hybridized carbons (Fsp3) is 0.423. The number of aryl methyl sites for hydroxylation is 1. The summed E-state index contributed by atoms with van der Waals surface area (Å²) in [6.45, 7) is 2.09. The third-order valence-electron chi connectivity index (χ3n) is 6.55. The van der Waals surface area contributed by atoms with Crippen LogP contribution in [0.1, 0.15) is 44.1 Å². The van der Waals surface area contributed by atoms with Gasteiger partial charge in [0.15, 0.2) is 0 Å². The van der Waals surface area contributed by atoms with Crippen LogP contribution in [0.15, 0.2) is 54.7 Å². The zero-order valence-electron chi connectivity index (χ0n) is 17.4. The van der Waals surface area contributed by atoms with Gasteiger partial charge in [0.1, 0.15) is 0 Å².